The molecular formula is C6H7N2O2. The summed E-state index contributed by atoms with van der Waals surface area (Å²) >= 11 is 0. The molecule has 0 aromatic heterocycles. The van der Waals surface area contributed by atoms with Crippen LogP contribution in [0.4, 0.5) is 4.79 Å². The number of carbonyl (C=O) groups is 2. The van der Waals surface area contributed by atoms with Crippen LogP contribution in [-0.2, 0) is 4.79 Å². The summed E-state index contributed by atoms with van der Waals surface area (Å²) in [6.07, 6.45) is 3.01. The zero-order valence-electron chi connectivity index (χ0n) is 5.57. The van der Waals surface area contributed by atoms with Gasteiger partial charge in [-0.15, -0.1) is 0 Å². The number of urea groups is 1. The van der Waals surface area contributed by atoms with Gasteiger partial charge in [0.15, 0.2) is 0 Å². The fourth-order valence-corrected chi connectivity index (χ4v) is 0.650. The van der Waals surface area contributed by atoms with Gasteiger partial charge in [0.2, 0.25) is 5.91 Å². The summed E-state index contributed by atoms with van der Waals surface area (Å²) in [6.45, 7) is 1.70. The standard InChI is InChI=1S/C6H7N2O2/c1-2-5(9)8-4-3-7-6(8)10/h3-4H,2H2,1H3. The third-order valence-corrected chi connectivity index (χ3v) is 1.18. The van der Waals surface area contributed by atoms with Crippen LogP contribution < -0.4 is 5.32 Å². The second kappa shape index (κ2) is 2.51. The van der Waals surface area contributed by atoms with Crippen LogP contribution in [0.3, 0.4) is 0 Å². The Hall–Kier alpha value is -1.32. The van der Waals surface area contributed by atoms with Crippen molar-refractivity contribution in [2.45, 2.75) is 13.3 Å². The molecule has 1 aliphatic heterocycles. The highest BCUT2D eigenvalue weighted by atomic mass is 16.2. The van der Waals surface area contributed by atoms with E-state index in [0.29, 0.717) is 6.42 Å². The molecule has 53 valence electrons. The number of rotatable bonds is 1. The lowest BCUT2D eigenvalue weighted by Crippen LogP contribution is -2.29. The summed E-state index contributed by atoms with van der Waals surface area (Å²) in [4.78, 5) is 22.5. The van der Waals surface area contributed by atoms with Crippen molar-refractivity contribution < 1.29 is 9.59 Å². The molecule has 0 saturated carbocycles. The predicted octanol–water partition coefficient (Wildman–Crippen LogP) is 0.434. The number of carbonyl (C=O) groups excluding carboxylic acids is 2. The van der Waals surface area contributed by atoms with Gasteiger partial charge in [0.25, 0.3) is 0 Å². The molecule has 0 fully saturated rings. The van der Waals surface area contributed by atoms with Crippen molar-refractivity contribution in [3.63, 3.8) is 0 Å². The summed E-state index contributed by atoms with van der Waals surface area (Å²) in [6, 6.07) is -0.494. The number of nitrogens with zero attached hydrogens (tertiary/aromatic N) is 2. The molecule has 0 aromatic rings. The molecule has 0 unspecified atom stereocenters. The Morgan fingerprint density at radius 1 is 1.80 bits per heavy atom. The van der Waals surface area contributed by atoms with Crippen LogP contribution in [0.1, 0.15) is 13.3 Å². The van der Waals surface area contributed by atoms with Gasteiger partial charge in [-0.3, -0.25) is 4.79 Å². The lowest BCUT2D eigenvalue weighted by Gasteiger charge is -2.06. The highest BCUT2D eigenvalue weighted by molar-refractivity contribution is 5.97. The molecule has 4 heteroatoms. The van der Waals surface area contributed by atoms with Gasteiger partial charge in [-0.2, -0.15) is 5.32 Å². The van der Waals surface area contributed by atoms with E-state index in [-0.39, 0.29) is 5.91 Å². The minimum absolute atomic E-state index is 0.220. The topological polar surface area (TPSA) is 51.5 Å². The first-order valence-electron chi connectivity index (χ1n) is 2.99. The van der Waals surface area contributed by atoms with Crippen LogP contribution >= 0.6 is 0 Å². The maximum Gasteiger partial charge on any atom is 0.354 e. The van der Waals surface area contributed by atoms with Crippen LogP contribution in [0, 0.1) is 0 Å². The molecule has 0 atom stereocenters. The number of hydrogen-bond acceptors (Lipinski definition) is 2. The largest absolute Gasteiger partial charge is 0.354 e. The fraction of sp³-hybridized carbons (Fsp3) is 0.333. The Kier molecular flexibility index (Phi) is 1.71. The molecule has 10 heavy (non-hydrogen) atoms. The van der Waals surface area contributed by atoms with E-state index < -0.39 is 6.03 Å². The van der Waals surface area contributed by atoms with Crippen LogP contribution in [0.25, 0.3) is 0 Å². The summed E-state index contributed by atoms with van der Waals surface area (Å²) < 4.78 is 0. The zero-order valence-corrected chi connectivity index (χ0v) is 5.57. The first kappa shape index (κ1) is 6.80. The lowest BCUT2D eigenvalue weighted by atomic mass is 10.4. The molecule has 1 aliphatic rings. The van der Waals surface area contributed by atoms with Crippen molar-refractivity contribution in [1.82, 2.24) is 10.2 Å². The second-order valence-electron chi connectivity index (χ2n) is 1.83. The van der Waals surface area contributed by atoms with Crippen molar-refractivity contribution in [2.24, 2.45) is 0 Å². The van der Waals surface area contributed by atoms with Gasteiger partial charge in [-0.25, -0.2) is 9.69 Å². The number of amides is 3. The zero-order chi connectivity index (χ0) is 7.56. The number of hydrogen-bond donors (Lipinski definition) is 0. The van der Waals surface area contributed by atoms with Gasteiger partial charge >= 0.3 is 6.03 Å². The minimum Gasteiger partial charge on any atom is -0.274 e. The molecule has 0 spiro atoms. The van der Waals surface area contributed by atoms with E-state index >= 15 is 0 Å². The highest BCUT2D eigenvalue weighted by Gasteiger charge is 2.21. The van der Waals surface area contributed by atoms with Gasteiger partial charge in [0, 0.05) is 18.8 Å². The molecule has 3 amide bonds. The Labute approximate surface area is 58.5 Å². The van der Waals surface area contributed by atoms with Crippen LogP contribution in [0.5, 0.6) is 0 Å². The third kappa shape index (κ3) is 1.00. The summed E-state index contributed by atoms with van der Waals surface area (Å²) in [5.41, 5.74) is 0. The van der Waals surface area contributed by atoms with Gasteiger partial charge < -0.3 is 0 Å². The Bertz CT molecular complexity index is 198. The molecule has 0 aliphatic carbocycles. The van der Waals surface area contributed by atoms with Crippen molar-refractivity contribution in [2.75, 3.05) is 0 Å². The fourth-order valence-electron chi connectivity index (χ4n) is 0.650. The van der Waals surface area contributed by atoms with E-state index in [1.165, 1.54) is 12.4 Å². The van der Waals surface area contributed by atoms with E-state index in [0.717, 1.165) is 4.90 Å². The molecule has 0 bridgehead atoms. The van der Waals surface area contributed by atoms with E-state index in [9.17, 15) is 9.59 Å². The molecule has 0 saturated heterocycles. The summed E-state index contributed by atoms with van der Waals surface area (Å²) in [5, 5.41) is 3.37. The molecule has 1 heterocycles. The predicted molar refractivity (Wildman–Crippen MR) is 33.8 cm³/mol. The van der Waals surface area contributed by atoms with Gasteiger partial charge in [0.05, 0.1) is 0 Å². The Morgan fingerprint density at radius 2 is 2.50 bits per heavy atom. The quantitative estimate of drug-likeness (QED) is 0.529. The first-order valence-corrected chi connectivity index (χ1v) is 2.99. The van der Waals surface area contributed by atoms with E-state index in [1.807, 2.05) is 0 Å². The van der Waals surface area contributed by atoms with Crippen LogP contribution in [0.15, 0.2) is 12.4 Å². The summed E-state index contributed by atoms with van der Waals surface area (Å²) in [7, 11) is 0. The first-order chi connectivity index (χ1) is 4.75. The van der Waals surface area contributed by atoms with Crippen molar-refractivity contribution in [3.8, 4) is 0 Å². The van der Waals surface area contributed by atoms with Crippen molar-refractivity contribution in [1.29, 1.82) is 0 Å². The lowest BCUT2D eigenvalue weighted by molar-refractivity contribution is -0.125. The van der Waals surface area contributed by atoms with Crippen molar-refractivity contribution in [3.05, 3.63) is 12.4 Å². The van der Waals surface area contributed by atoms with Gasteiger partial charge in [0.1, 0.15) is 0 Å². The molecule has 1 rings (SSSR count). The maximum atomic E-state index is 10.8. The monoisotopic (exact) mass is 139 g/mol. The number of imide groups is 1. The maximum absolute atomic E-state index is 10.8. The van der Waals surface area contributed by atoms with Crippen LogP contribution in [0.2, 0.25) is 0 Å². The van der Waals surface area contributed by atoms with Crippen molar-refractivity contribution >= 4 is 11.9 Å². The molecule has 0 N–H and O–H groups in total. The molecule has 0 aromatic carbocycles. The van der Waals surface area contributed by atoms with Gasteiger partial charge in [-0.05, 0) is 0 Å². The third-order valence-electron chi connectivity index (χ3n) is 1.18. The Balaban J connectivity index is 2.64. The minimum atomic E-state index is -0.494. The smallest absolute Gasteiger partial charge is 0.274 e. The van der Waals surface area contributed by atoms with Gasteiger partial charge in [-0.1, -0.05) is 6.92 Å². The SMILES string of the molecule is CCC(=O)N1C=C[N]C1=O. The highest BCUT2D eigenvalue weighted by Crippen LogP contribution is 2.01. The molecule has 4 nitrogen and oxygen atoms in total. The normalized spacial score (nSPS) is 15.7. The van der Waals surface area contributed by atoms with E-state index in [1.54, 1.807) is 6.92 Å². The van der Waals surface area contributed by atoms with Crippen LogP contribution in [-0.4, -0.2) is 16.8 Å². The van der Waals surface area contributed by atoms with E-state index in [2.05, 4.69) is 5.32 Å². The molecule has 1 radical (unpaired) electrons. The average Bonchev–Trinajstić information content (AvgIpc) is 2.34. The average molecular weight is 139 g/mol. The Morgan fingerprint density at radius 3 is 2.90 bits per heavy atom. The second-order valence-corrected chi connectivity index (χ2v) is 1.83. The summed E-state index contributed by atoms with van der Waals surface area (Å²) in [5.74, 6) is -0.220. The van der Waals surface area contributed by atoms with E-state index in [4.69, 9.17) is 0 Å². The molecular weight excluding hydrogens is 132 g/mol.